The summed E-state index contributed by atoms with van der Waals surface area (Å²) in [5.74, 6) is 2.33. The SMILES string of the molecule is CC(C)(C)c1nc(Cc2nnnn2C2CC2)c2[nH]c([C@H]3CCCN3C#N)nc2n1. The summed E-state index contributed by atoms with van der Waals surface area (Å²) in [7, 11) is 0. The van der Waals surface area contributed by atoms with Crippen molar-refractivity contribution in [1.82, 2.24) is 45.0 Å². The van der Waals surface area contributed by atoms with Gasteiger partial charge >= 0.3 is 0 Å². The number of H-pyrrole nitrogens is 1. The summed E-state index contributed by atoms with van der Waals surface area (Å²) in [6, 6.07) is 0.372. The van der Waals surface area contributed by atoms with Crippen LogP contribution in [-0.4, -0.2) is 51.6 Å². The lowest BCUT2D eigenvalue weighted by atomic mass is 9.95. The number of fused-ring (bicyclic) bond motifs is 1. The molecule has 2 fully saturated rings. The second-order valence-electron chi connectivity index (χ2n) is 8.96. The second-order valence-corrected chi connectivity index (χ2v) is 8.96. The Morgan fingerprint density at radius 3 is 2.72 bits per heavy atom. The van der Waals surface area contributed by atoms with Gasteiger partial charge in [-0.2, -0.15) is 5.26 Å². The van der Waals surface area contributed by atoms with Gasteiger partial charge in [0.2, 0.25) is 0 Å². The highest BCUT2D eigenvalue weighted by Crippen LogP contribution is 2.35. The molecule has 1 saturated heterocycles. The van der Waals surface area contributed by atoms with Gasteiger partial charge in [0, 0.05) is 12.0 Å². The van der Waals surface area contributed by atoms with Crippen LogP contribution in [0.3, 0.4) is 0 Å². The molecule has 0 unspecified atom stereocenters. The summed E-state index contributed by atoms with van der Waals surface area (Å²) in [5, 5.41) is 21.7. The van der Waals surface area contributed by atoms with Gasteiger partial charge in [0.25, 0.3) is 0 Å². The molecule has 10 heteroatoms. The number of aromatic nitrogens is 8. The largest absolute Gasteiger partial charge is 0.337 e. The Morgan fingerprint density at radius 1 is 1.17 bits per heavy atom. The van der Waals surface area contributed by atoms with E-state index in [0.29, 0.717) is 18.1 Å². The van der Waals surface area contributed by atoms with Gasteiger partial charge in [0.05, 0.1) is 24.2 Å². The maximum Gasteiger partial charge on any atom is 0.181 e. The van der Waals surface area contributed by atoms with Gasteiger partial charge in [-0.25, -0.2) is 19.6 Å². The van der Waals surface area contributed by atoms with Crippen molar-refractivity contribution in [3.05, 3.63) is 23.2 Å². The molecule has 1 aliphatic carbocycles. The summed E-state index contributed by atoms with van der Waals surface area (Å²) in [6.45, 7) is 7.04. The minimum atomic E-state index is -0.212. The van der Waals surface area contributed by atoms with Crippen LogP contribution in [0.15, 0.2) is 0 Å². The summed E-state index contributed by atoms with van der Waals surface area (Å²) < 4.78 is 1.91. The third-order valence-corrected chi connectivity index (χ3v) is 5.59. The molecule has 10 nitrogen and oxygen atoms in total. The van der Waals surface area contributed by atoms with Crippen LogP contribution in [0, 0.1) is 11.5 Å². The zero-order valence-corrected chi connectivity index (χ0v) is 16.9. The second kappa shape index (κ2) is 6.47. The molecule has 5 rings (SSSR count). The maximum atomic E-state index is 9.42. The Hall–Kier alpha value is -3.09. The summed E-state index contributed by atoms with van der Waals surface area (Å²) in [5.41, 5.74) is 2.08. The Morgan fingerprint density at radius 2 is 2.00 bits per heavy atom. The van der Waals surface area contributed by atoms with Gasteiger partial charge in [-0.1, -0.05) is 20.8 Å². The third-order valence-electron chi connectivity index (χ3n) is 5.59. The number of nitrogens with zero attached hydrogens (tertiary/aromatic N) is 9. The average molecular weight is 392 g/mol. The predicted molar refractivity (Wildman–Crippen MR) is 104 cm³/mol. The van der Waals surface area contributed by atoms with Crippen LogP contribution in [0.4, 0.5) is 0 Å². The van der Waals surface area contributed by atoms with Crippen molar-refractivity contribution >= 4 is 11.2 Å². The number of imidazole rings is 1. The molecule has 150 valence electrons. The van der Waals surface area contributed by atoms with Gasteiger partial charge in [-0.05, 0) is 36.1 Å². The number of likely N-dealkylation sites (tertiary alicyclic amines) is 1. The Kier molecular flexibility index (Phi) is 4.01. The van der Waals surface area contributed by atoms with Crippen LogP contribution in [0.25, 0.3) is 11.2 Å². The molecular weight excluding hydrogens is 368 g/mol. The first kappa shape index (κ1) is 18.0. The van der Waals surface area contributed by atoms with Crippen LogP contribution in [0.2, 0.25) is 0 Å². The molecule has 2 aliphatic rings. The van der Waals surface area contributed by atoms with Crippen molar-refractivity contribution < 1.29 is 0 Å². The number of nitriles is 1. The first-order chi connectivity index (χ1) is 13.9. The molecule has 0 amide bonds. The van der Waals surface area contributed by atoms with E-state index < -0.39 is 0 Å². The lowest BCUT2D eigenvalue weighted by Crippen LogP contribution is -2.18. The highest BCUT2D eigenvalue weighted by Gasteiger charge is 2.31. The van der Waals surface area contributed by atoms with E-state index >= 15 is 0 Å². The highest BCUT2D eigenvalue weighted by molar-refractivity contribution is 5.74. The lowest BCUT2D eigenvalue weighted by molar-refractivity contribution is 0.362. The van der Waals surface area contributed by atoms with Crippen molar-refractivity contribution in [2.75, 3.05) is 6.54 Å². The van der Waals surface area contributed by atoms with E-state index in [4.69, 9.17) is 15.0 Å². The molecule has 3 aromatic heterocycles. The fourth-order valence-electron chi connectivity index (χ4n) is 3.85. The Bertz CT molecular complexity index is 1090. The molecule has 1 saturated carbocycles. The van der Waals surface area contributed by atoms with E-state index in [9.17, 15) is 5.26 Å². The lowest BCUT2D eigenvalue weighted by Gasteiger charge is -2.17. The molecule has 0 aromatic carbocycles. The van der Waals surface area contributed by atoms with Crippen molar-refractivity contribution in [2.24, 2.45) is 0 Å². The fourth-order valence-corrected chi connectivity index (χ4v) is 3.85. The molecule has 0 radical (unpaired) electrons. The standard InChI is InChI=1S/C19H24N10/c1-19(2,3)18-21-12(9-14-25-26-27-29(14)11-6-7-11)15-17(24-18)23-16(22-15)13-5-4-8-28(13)10-20/h11,13H,4-9H2,1-3H3,(H,21,22,23,24)/t13-/m1/s1. The smallest absolute Gasteiger partial charge is 0.181 e. The fraction of sp³-hybridized carbons (Fsp3) is 0.632. The Balaban J connectivity index is 1.60. The monoisotopic (exact) mass is 392 g/mol. The van der Waals surface area contributed by atoms with Crippen molar-refractivity contribution in [1.29, 1.82) is 5.26 Å². The average Bonchev–Trinajstić information content (AvgIpc) is 3.09. The van der Waals surface area contributed by atoms with E-state index in [-0.39, 0.29) is 11.5 Å². The van der Waals surface area contributed by atoms with E-state index in [1.54, 1.807) is 4.90 Å². The molecule has 1 aliphatic heterocycles. The van der Waals surface area contributed by atoms with E-state index in [1.165, 1.54) is 0 Å². The molecule has 29 heavy (non-hydrogen) atoms. The number of nitrogens with one attached hydrogen (secondary N) is 1. The quantitative estimate of drug-likeness (QED) is 0.670. The number of hydrogen-bond acceptors (Lipinski definition) is 8. The first-order valence-electron chi connectivity index (χ1n) is 10.1. The topological polar surface area (TPSA) is 125 Å². The molecule has 4 heterocycles. The van der Waals surface area contributed by atoms with Gasteiger partial charge in [-0.3, -0.25) is 0 Å². The summed E-state index contributed by atoms with van der Waals surface area (Å²) in [4.78, 5) is 19.6. The van der Waals surface area contributed by atoms with Gasteiger partial charge in [-0.15, -0.1) is 5.10 Å². The number of hydrogen-bond donors (Lipinski definition) is 1. The maximum absolute atomic E-state index is 9.42. The minimum absolute atomic E-state index is 0.0306. The van der Waals surface area contributed by atoms with Gasteiger partial charge < -0.3 is 9.88 Å². The normalized spacial score (nSPS) is 19.8. The third kappa shape index (κ3) is 3.20. The minimum Gasteiger partial charge on any atom is -0.337 e. The van der Waals surface area contributed by atoms with Crippen LogP contribution in [-0.2, 0) is 11.8 Å². The first-order valence-corrected chi connectivity index (χ1v) is 10.1. The zero-order chi connectivity index (χ0) is 20.2. The van der Waals surface area contributed by atoms with Crippen LogP contribution < -0.4 is 0 Å². The zero-order valence-electron chi connectivity index (χ0n) is 16.9. The summed E-state index contributed by atoms with van der Waals surface area (Å²) >= 11 is 0. The molecular formula is C19H24N10. The van der Waals surface area contributed by atoms with Crippen molar-refractivity contribution in [3.8, 4) is 6.19 Å². The summed E-state index contributed by atoms with van der Waals surface area (Å²) in [6.07, 6.45) is 6.91. The molecule has 0 spiro atoms. The molecule has 0 bridgehead atoms. The van der Waals surface area contributed by atoms with Crippen LogP contribution >= 0.6 is 0 Å². The number of rotatable bonds is 4. The molecule has 3 aromatic rings. The Labute approximate surface area is 168 Å². The number of aromatic amines is 1. The highest BCUT2D eigenvalue weighted by atomic mass is 15.6. The van der Waals surface area contributed by atoms with Crippen molar-refractivity contribution in [3.63, 3.8) is 0 Å². The van der Waals surface area contributed by atoms with E-state index in [1.807, 2.05) is 4.68 Å². The molecule has 1 atom stereocenters. The number of tetrazole rings is 1. The predicted octanol–water partition coefficient (Wildman–Crippen LogP) is 2.18. The van der Waals surface area contributed by atoms with Crippen LogP contribution in [0.5, 0.6) is 0 Å². The van der Waals surface area contributed by atoms with Gasteiger partial charge in [0.1, 0.15) is 17.2 Å². The van der Waals surface area contributed by atoms with Gasteiger partial charge in [0.15, 0.2) is 17.7 Å². The van der Waals surface area contributed by atoms with Crippen LogP contribution in [0.1, 0.15) is 81.7 Å². The molecule has 1 N–H and O–H groups in total. The van der Waals surface area contributed by atoms with Crippen molar-refractivity contribution in [2.45, 2.75) is 70.4 Å². The van der Waals surface area contributed by atoms with E-state index in [2.05, 4.69) is 47.5 Å². The van der Waals surface area contributed by atoms with E-state index in [0.717, 1.165) is 60.9 Å².